The summed E-state index contributed by atoms with van der Waals surface area (Å²) in [6.07, 6.45) is 1.43. The summed E-state index contributed by atoms with van der Waals surface area (Å²) in [6.45, 7) is 0.570. The third-order valence-electron chi connectivity index (χ3n) is 3.73. The third-order valence-corrected chi connectivity index (χ3v) is 5.56. The van der Waals surface area contributed by atoms with Gasteiger partial charge in [0.15, 0.2) is 11.5 Å². The second kappa shape index (κ2) is 6.66. The van der Waals surface area contributed by atoms with Crippen molar-refractivity contribution in [3.05, 3.63) is 42.6 Å². The standard InChI is InChI=1S/C16H18N2O5S/c1-21-14-7-6-13(9-15(14)22-2)24(19,20)18-10-12(11-18)23-16-5-3-4-8-17-16/h3-9,12H,10-11H2,1-2H3. The van der Waals surface area contributed by atoms with Crippen molar-refractivity contribution in [2.24, 2.45) is 0 Å². The van der Waals surface area contributed by atoms with Crippen LogP contribution in [0.5, 0.6) is 17.4 Å². The number of methoxy groups -OCH3 is 2. The highest BCUT2D eigenvalue weighted by molar-refractivity contribution is 7.89. The van der Waals surface area contributed by atoms with Crippen LogP contribution < -0.4 is 14.2 Å². The van der Waals surface area contributed by atoms with Gasteiger partial charge < -0.3 is 14.2 Å². The maximum absolute atomic E-state index is 12.6. The van der Waals surface area contributed by atoms with Crippen LogP contribution in [0.4, 0.5) is 0 Å². The normalized spacial score (nSPS) is 15.6. The Bertz CT molecular complexity index is 804. The molecule has 1 aliphatic rings. The topological polar surface area (TPSA) is 78.0 Å². The van der Waals surface area contributed by atoms with E-state index in [1.165, 1.54) is 30.7 Å². The van der Waals surface area contributed by atoms with Crippen LogP contribution in [0.3, 0.4) is 0 Å². The Morgan fingerprint density at radius 3 is 2.46 bits per heavy atom. The minimum Gasteiger partial charge on any atom is -0.493 e. The molecule has 24 heavy (non-hydrogen) atoms. The summed E-state index contributed by atoms with van der Waals surface area (Å²) in [7, 11) is -0.620. The Labute approximate surface area is 140 Å². The number of ether oxygens (including phenoxy) is 3. The Kier molecular flexibility index (Phi) is 4.59. The van der Waals surface area contributed by atoms with Gasteiger partial charge in [0.2, 0.25) is 15.9 Å². The summed E-state index contributed by atoms with van der Waals surface area (Å²) in [5.41, 5.74) is 0. The average molecular weight is 350 g/mol. The lowest BCUT2D eigenvalue weighted by molar-refractivity contribution is 0.0721. The van der Waals surface area contributed by atoms with E-state index in [1.807, 2.05) is 6.07 Å². The molecule has 128 valence electrons. The third kappa shape index (κ3) is 3.15. The van der Waals surface area contributed by atoms with Crippen molar-refractivity contribution >= 4 is 10.0 Å². The second-order valence-electron chi connectivity index (χ2n) is 5.25. The molecule has 0 saturated carbocycles. The summed E-state index contributed by atoms with van der Waals surface area (Å²) in [5.74, 6) is 1.35. The molecule has 0 spiro atoms. The Hall–Kier alpha value is -2.32. The molecule has 1 aromatic carbocycles. The number of hydrogen-bond acceptors (Lipinski definition) is 6. The van der Waals surface area contributed by atoms with Crippen molar-refractivity contribution < 1.29 is 22.6 Å². The first-order valence-corrected chi connectivity index (χ1v) is 8.78. The molecule has 1 saturated heterocycles. The molecule has 0 N–H and O–H groups in total. The summed E-state index contributed by atoms with van der Waals surface area (Å²) in [4.78, 5) is 4.23. The largest absolute Gasteiger partial charge is 0.493 e. The molecule has 1 aromatic heterocycles. The number of aromatic nitrogens is 1. The zero-order chi connectivity index (χ0) is 17.2. The van der Waals surface area contributed by atoms with E-state index < -0.39 is 10.0 Å². The zero-order valence-electron chi connectivity index (χ0n) is 13.4. The van der Waals surface area contributed by atoms with Gasteiger partial charge in [0.05, 0.1) is 32.2 Å². The summed E-state index contributed by atoms with van der Waals surface area (Å²) in [5, 5.41) is 0. The highest BCUT2D eigenvalue weighted by atomic mass is 32.2. The van der Waals surface area contributed by atoms with Crippen LogP contribution in [-0.4, -0.2) is 51.1 Å². The molecule has 1 fully saturated rings. The van der Waals surface area contributed by atoms with Crippen LogP contribution in [0.2, 0.25) is 0 Å². The van der Waals surface area contributed by atoms with Crippen molar-refractivity contribution in [1.29, 1.82) is 0 Å². The molecule has 2 heterocycles. The van der Waals surface area contributed by atoms with E-state index >= 15 is 0 Å². The van der Waals surface area contributed by atoms with Gasteiger partial charge in [0.1, 0.15) is 6.10 Å². The van der Waals surface area contributed by atoms with E-state index in [0.29, 0.717) is 17.4 Å². The predicted molar refractivity (Wildman–Crippen MR) is 87.0 cm³/mol. The Morgan fingerprint density at radius 2 is 1.83 bits per heavy atom. The quantitative estimate of drug-likeness (QED) is 0.787. The second-order valence-corrected chi connectivity index (χ2v) is 7.18. The number of hydrogen-bond donors (Lipinski definition) is 0. The van der Waals surface area contributed by atoms with Gasteiger partial charge in [0.25, 0.3) is 0 Å². The Morgan fingerprint density at radius 1 is 1.08 bits per heavy atom. The van der Waals surface area contributed by atoms with Gasteiger partial charge in [0, 0.05) is 18.3 Å². The molecule has 0 aliphatic carbocycles. The van der Waals surface area contributed by atoms with Crippen LogP contribution in [0, 0.1) is 0 Å². The molecule has 0 amide bonds. The lowest BCUT2D eigenvalue weighted by atomic mass is 10.2. The van der Waals surface area contributed by atoms with Crippen LogP contribution in [0.1, 0.15) is 0 Å². The maximum Gasteiger partial charge on any atom is 0.243 e. The molecule has 1 aliphatic heterocycles. The van der Waals surface area contributed by atoms with Gasteiger partial charge in [-0.2, -0.15) is 4.31 Å². The van der Waals surface area contributed by atoms with Crippen molar-refractivity contribution in [3.8, 4) is 17.4 Å². The lowest BCUT2D eigenvalue weighted by Gasteiger charge is -2.37. The zero-order valence-corrected chi connectivity index (χ0v) is 14.2. The van der Waals surface area contributed by atoms with Gasteiger partial charge in [-0.25, -0.2) is 13.4 Å². The number of rotatable bonds is 6. The molecular formula is C16H18N2O5S. The molecule has 3 rings (SSSR count). The predicted octanol–water partition coefficient (Wildman–Crippen LogP) is 1.55. The molecule has 0 radical (unpaired) electrons. The van der Waals surface area contributed by atoms with Crippen LogP contribution in [-0.2, 0) is 10.0 Å². The number of benzene rings is 1. The van der Waals surface area contributed by atoms with Crippen molar-refractivity contribution in [1.82, 2.24) is 9.29 Å². The highest BCUT2D eigenvalue weighted by Crippen LogP contribution is 2.32. The smallest absolute Gasteiger partial charge is 0.243 e. The van der Waals surface area contributed by atoms with Gasteiger partial charge in [-0.3, -0.25) is 0 Å². The Balaban J connectivity index is 1.69. The van der Waals surface area contributed by atoms with Crippen LogP contribution >= 0.6 is 0 Å². The highest BCUT2D eigenvalue weighted by Gasteiger charge is 2.38. The van der Waals surface area contributed by atoms with Gasteiger partial charge in [-0.05, 0) is 18.2 Å². The van der Waals surface area contributed by atoms with E-state index in [4.69, 9.17) is 14.2 Å². The monoisotopic (exact) mass is 350 g/mol. The first-order chi connectivity index (χ1) is 11.5. The van der Waals surface area contributed by atoms with Crippen molar-refractivity contribution in [2.45, 2.75) is 11.0 Å². The molecule has 0 bridgehead atoms. The number of sulfonamides is 1. The molecule has 0 atom stereocenters. The molecule has 2 aromatic rings. The van der Waals surface area contributed by atoms with E-state index in [2.05, 4.69) is 4.98 Å². The minimum atomic E-state index is -3.59. The fraction of sp³-hybridized carbons (Fsp3) is 0.312. The molecular weight excluding hydrogens is 332 g/mol. The van der Waals surface area contributed by atoms with Crippen LogP contribution in [0.15, 0.2) is 47.5 Å². The van der Waals surface area contributed by atoms with Crippen molar-refractivity contribution in [2.75, 3.05) is 27.3 Å². The molecule has 7 nitrogen and oxygen atoms in total. The maximum atomic E-state index is 12.6. The molecule has 8 heteroatoms. The first kappa shape index (κ1) is 16.5. The van der Waals surface area contributed by atoms with Gasteiger partial charge in [-0.15, -0.1) is 0 Å². The van der Waals surface area contributed by atoms with Crippen molar-refractivity contribution in [3.63, 3.8) is 0 Å². The molecule has 0 unspecified atom stereocenters. The van der Waals surface area contributed by atoms with Crippen LogP contribution in [0.25, 0.3) is 0 Å². The van der Waals surface area contributed by atoms with E-state index in [9.17, 15) is 8.42 Å². The van der Waals surface area contributed by atoms with E-state index in [0.717, 1.165) is 0 Å². The van der Waals surface area contributed by atoms with E-state index in [1.54, 1.807) is 24.4 Å². The number of pyridine rings is 1. The minimum absolute atomic E-state index is 0.163. The SMILES string of the molecule is COc1ccc(S(=O)(=O)N2CC(Oc3ccccn3)C2)cc1OC. The van der Waals surface area contributed by atoms with Gasteiger partial charge >= 0.3 is 0 Å². The van der Waals surface area contributed by atoms with Gasteiger partial charge in [-0.1, -0.05) is 6.07 Å². The average Bonchev–Trinajstić information content (AvgIpc) is 2.57. The fourth-order valence-corrected chi connectivity index (χ4v) is 3.90. The summed E-state index contributed by atoms with van der Waals surface area (Å²) < 4.78 is 42.6. The summed E-state index contributed by atoms with van der Waals surface area (Å²) >= 11 is 0. The van der Waals surface area contributed by atoms with E-state index in [-0.39, 0.29) is 24.1 Å². The number of nitrogens with zero attached hydrogens (tertiary/aromatic N) is 2. The lowest BCUT2D eigenvalue weighted by Crippen LogP contribution is -2.56. The fourth-order valence-electron chi connectivity index (χ4n) is 2.39. The summed E-state index contributed by atoms with van der Waals surface area (Å²) in [6, 6.07) is 9.89. The first-order valence-electron chi connectivity index (χ1n) is 7.34.